The van der Waals surface area contributed by atoms with Gasteiger partial charge in [-0.15, -0.1) is 0 Å². The van der Waals surface area contributed by atoms with Gasteiger partial charge in [0.1, 0.15) is 11.3 Å². The molecule has 3 aromatic carbocycles. The lowest BCUT2D eigenvalue weighted by Crippen LogP contribution is -2.00. The third-order valence-electron chi connectivity index (χ3n) is 5.35. The molecule has 1 aliphatic carbocycles. The van der Waals surface area contributed by atoms with E-state index in [2.05, 4.69) is 43.3 Å². The van der Waals surface area contributed by atoms with Crippen LogP contribution in [0, 0.1) is 5.41 Å². The maximum atomic E-state index is 7.96. The van der Waals surface area contributed by atoms with Crippen LogP contribution in [0.3, 0.4) is 0 Å². The molecule has 3 heteroatoms. The van der Waals surface area contributed by atoms with Crippen molar-refractivity contribution in [2.24, 2.45) is 0 Å². The summed E-state index contributed by atoms with van der Waals surface area (Å²) in [5, 5.41) is 11.9. The molecule has 3 N–H and O–H groups in total. The van der Waals surface area contributed by atoms with Crippen LogP contribution < -0.4 is 11.1 Å². The molecule has 0 saturated heterocycles. The van der Waals surface area contributed by atoms with E-state index in [4.69, 9.17) is 15.6 Å². The molecule has 28 heavy (non-hydrogen) atoms. The summed E-state index contributed by atoms with van der Waals surface area (Å²) < 4.78 is 6.09. The summed E-state index contributed by atoms with van der Waals surface area (Å²) in [6.45, 7) is 2.17. The molecule has 5 rings (SSSR count). The first-order chi connectivity index (χ1) is 13.6. The highest BCUT2D eigenvalue weighted by Gasteiger charge is 2.17. The zero-order valence-corrected chi connectivity index (χ0v) is 15.6. The Morgan fingerprint density at radius 2 is 1.68 bits per heavy atom. The minimum atomic E-state index is 0.427. The predicted octanol–water partition coefficient (Wildman–Crippen LogP) is 5.98. The van der Waals surface area contributed by atoms with Crippen LogP contribution in [0.15, 0.2) is 77.2 Å². The van der Waals surface area contributed by atoms with Crippen molar-refractivity contribution in [2.75, 3.05) is 5.73 Å². The van der Waals surface area contributed by atoms with Gasteiger partial charge in [-0.3, -0.25) is 0 Å². The fourth-order valence-electron chi connectivity index (χ4n) is 3.89. The largest absolute Gasteiger partial charge is 0.456 e. The predicted molar refractivity (Wildman–Crippen MR) is 115 cm³/mol. The van der Waals surface area contributed by atoms with Crippen molar-refractivity contribution in [1.29, 1.82) is 5.41 Å². The molecular weight excluding hydrogens is 344 g/mol. The first-order valence-corrected chi connectivity index (χ1v) is 9.46. The van der Waals surface area contributed by atoms with E-state index in [0.717, 1.165) is 34.1 Å². The molecule has 0 spiro atoms. The lowest BCUT2D eigenvalue weighted by molar-refractivity contribution is 0.619. The van der Waals surface area contributed by atoms with Crippen LogP contribution in [0.1, 0.15) is 12.5 Å². The lowest BCUT2D eigenvalue weighted by Gasteiger charge is -2.16. The monoisotopic (exact) mass is 364 g/mol. The van der Waals surface area contributed by atoms with Gasteiger partial charge in [0.15, 0.2) is 0 Å². The minimum absolute atomic E-state index is 0.427. The SMILES string of the molecule is CCc1ccc2cc(-c3c4ccc(=N)cc-4oc4cc(N)ccc34)ccc2c1. The van der Waals surface area contributed by atoms with E-state index < -0.39 is 0 Å². The van der Waals surface area contributed by atoms with E-state index in [9.17, 15) is 0 Å². The second-order valence-corrected chi connectivity index (χ2v) is 7.19. The van der Waals surface area contributed by atoms with Gasteiger partial charge in [0.05, 0.1) is 5.36 Å². The summed E-state index contributed by atoms with van der Waals surface area (Å²) in [6, 6.07) is 24.5. The highest BCUT2D eigenvalue weighted by molar-refractivity contribution is 6.04. The van der Waals surface area contributed by atoms with Crippen molar-refractivity contribution in [1.82, 2.24) is 0 Å². The van der Waals surface area contributed by atoms with Crippen LogP contribution >= 0.6 is 0 Å². The number of hydrogen-bond acceptors (Lipinski definition) is 3. The molecule has 0 aromatic heterocycles. The molecule has 3 nitrogen and oxygen atoms in total. The Morgan fingerprint density at radius 3 is 2.54 bits per heavy atom. The average Bonchev–Trinajstić information content (AvgIpc) is 2.71. The van der Waals surface area contributed by atoms with Crippen LogP contribution in [0.5, 0.6) is 0 Å². The molecule has 1 heterocycles. The average molecular weight is 364 g/mol. The van der Waals surface area contributed by atoms with Crippen LogP contribution in [-0.2, 0) is 6.42 Å². The molecule has 0 bridgehead atoms. The molecule has 0 saturated carbocycles. The number of rotatable bonds is 2. The van der Waals surface area contributed by atoms with Gasteiger partial charge in [-0.05, 0) is 58.7 Å². The Morgan fingerprint density at radius 1 is 0.857 bits per heavy atom. The van der Waals surface area contributed by atoms with Gasteiger partial charge in [-0.1, -0.05) is 37.3 Å². The molecule has 0 amide bonds. The van der Waals surface area contributed by atoms with Crippen LogP contribution in [0.2, 0.25) is 0 Å². The van der Waals surface area contributed by atoms with E-state index in [-0.39, 0.29) is 0 Å². The van der Waals surface area contributed by atoms with Gasteiger partial charge in [0.25, 0.3) is 0 Å². The number of nitrogens with one attached hydrogen (secondary N) is 1. The maximum absolute atomic E-state index is 7.96. The third kappa shape index (κ3) is 2.64. The Hall–Kier alpha value is -3.59. The normalized spacial score (nSPS) is 11.5. The summed E-state index contributed by atoms with van der Waals surface area (Å²) in [5.41, 5.74) is 12.0. The molecule has 3 aromatic rings. The van der Waals surface area contributed by atoms with Crippen LogP contribution in [0.25, 0.3) is 44.2 Å². The molecule has 1 aliphatic heterocycles. The fourth-order valence-corrected chi connectivity index (χ4v) is 3.89. The topological polar surface area (TPSA) is 63.0 Å². The summed E-state index contributed by atoms with van der Waals surface area (Å²) >= 11 is 0. The van der Waals surface area contributed by atoms with Crippen molar-refractivity contribution >= 4 is 27.4 Å². The van der Waals surface area contributed by atoms with Crippen LogP contribution in [0.4, 0.5) is 5.69 Å². The summed E-state index contributed by atoms with van der Waals surface area (Å²) in [6.07, 6.45) is 1.03. The summed E-state index contributed by atoms with van der Waals surface area (Å²) in [5.74, 6) is 0.696. The van der Waals surface area contributed by atoms with Gasteiger partial charge in [0, 0.05) is 34.3 Å². The molecule has 0 radical (unpaired) electrons. The van der Waals surface area contributed by atoms with Crippen molar-refractivity contribution in [2.45, 2.75) is 13.3 Å². The zero-order chi connectivity index (χ0) is 19.3. The van der Waals surface area contributed by atoms with Crippen molar-refractivity contribution in [3.05, 3.63) is 83.7 Å². The first-order valence-electron chi connectivity index (χ1n) is 9.46. The van der Waals surface area contributed by atoms with E-state index in [1.807, 2.05) is 24.3 Å². The standard InChI is InChI=1S/C25H20N2O/c1-2-15-3-4-17-12-18(6-5-16(17)11-15)25-21-9-7-19(26)13-23(21)28-24-14-20(27)8-10-22(24)25/h3-14,26H,2,27H2,1H3. The molecule has 2 aliphatic rings. The number of aryl methyl sites for hydroxylation is 1. The van der Waals surface area contributed by atoms with Crippen molar-refractivity contribution in [3.63, 3.8) is 0 Å². The number of hydrogen-bond donors (Lipinski definition) is 2. The number of anilines is 1. The van der Waals surface area contributed by atoms with Gasteiger partial charge in [-0.25, -0.2) is 0 Å². The molecule has 0 fully saturated rings. The second-order valence-electron chi connectivity index (χ2n) is 7.19. The Labute approximate surface area is 162 Å². The molecular formula is C25H20N2O. The van der Waals surface area contributed by atoms with Gasteiger partial charge < -0.3 is 15.6 Å². The molecule has 0 atom stereocenters. The lowest BCUT2D eigenvalue weighted by atomic mass is 9.92. The minimum Gasteiger partial charge on any atom is -0.456 e. The number of nitrogens with two attached hydrogens (primary N) is 1. The zero-order valence-electron chi connectivity index (χ0n) is 15.6. The van der Waals surface area contributed by atoms with Crippen molar-refractivity contribution < 1.29 is 4.42 Å². The van der Waals surface area contributed by atoms with E-state index in [1.54, 1.807) is 12.1 Å². The van der Waals surface area contributed by atoms with E-state index in [1.165, 1.54) is 16.3 Å². The Bertz CT molecular complexity index is 1380. The fraction of sp³-hybridized carbons (Fsp3) is 0.0800. The van der Waals surface area contributed by atoms with Gasteiger partial charge >= 0.3 is 0 Å². The van der Waals surface area contributed by atoms with Crippen LogP contribution in [-0.4, -0.2) is 0 Å². The Kier molecular flexibility index (Phi) is 3.69. The second kappa shape index (κ2) is 6.24. The number of fused-ring (bicyclic) bond motifs is 3. The molecule has 0 unspecified atom stereocenters. The number of benzene rings is 4. The number of nitrogen functional groups attached to an aromatic ring is 1. The first kappa shape index (κ1) is 16.6. The maximum Gasteiger partial charge on any atom is 0.137 e. The molecule has 136 valence electrons. The quantitative estimate of drug-likeness (QED) is 0.299. The third-order valence-corrected chi connectivity index (χ3v) is 5.35. The van der Waals surface area contributed by atoms with E-state index in [0.29, 0.717) is 16.8 Å². The smallest absolute Gasteiger partial charge is 0.137 e. The van der Waals surface area contributed by atoms with Gasteiger partial charge in [0.2, 0.25) is 0 Å². The van der Waals surface area contributed by atoms with Gasteiger partial charge in [-0.2, -0.15) is 0 Å². The summed E-state index contributed by atoms with van der Waals surface area (Å²) in [7, 11) is 0. The van der Waals surface area contributed by atoms with Crippen molar-refractivity contribution in [3.8, 4) is 22.5 Å². The highest BCUT2D eigenvalue weighted by Crippen LogP contribution is 2.41. The highest BCUT2D eigenvalue weighted by atomic mass is 16.3. The Balaban J connectivity index is 1.86. The van der Waals surface area contributed by atoms with E-state index >= 15 is 0 Å². The summed E-state index contributed by atoms with van der Waals surface area (Å²) in [4.78, 5) is 0.